The molecule has 5 heteroatoms. The molecule has 1 fully saturated rings. The van der Waals surface area contributed by atoms with Crippen LogP contribution < -0.4 is 11.1 Å². The summed E-state index contributed by atoms with van der Waals surface area (Å²) >= 11 is 0. The third-order valence-electron chi connectivity index (χ3n) is 4.02. The summed E-state index contributed by atoms with van der Waals surface area (Å²) in [6, 6.07) is 6.27. The number of nitrogens with two attached hydrogens (primary N) is 1. The number of rotatable bonds is 4. The van der Waals surface area contributed by atoms with Crippen LogP contribution in [-0.2, 0) is 10.2 Å². The van der Waals surface area contributed by atoms with E-state index in [1.807, 2.05) is 6.92 Å². The van der Waals surface area contributed by atoms with Gasteiger partial charge < -0.3 is 11.1 Å². The summed E-state index contributed by atoms with van der Waals surface area (Å²) in [7, 11) is 0. The number of benzene rings is 1. The Kier molecular flexibility index (Phi) is 5.96. The van der Waals surface area contributed by atoms with Crippen LogP contribution in [0.15, 0.2) is 24.3 Å². The molecule has 0 radical (unpaired) electrons. The van der Waals surface area contributed by atoms with Crippen LogP contribution in [0, 0.1) is 5.82 Å². The molecule has 1 amide bonds. The maximum atomic E-state index is 13.0. The highest BCUT2D eigenvalue weighted by molar-refractivity contribution is 5.88. The third-order valence-corrected chi connectivity index (χ3v) is 4.02. The maximum Gasteiger partial charge on any atom is 0.230 e. The van der Waals surface area contributed by atoms with Gasteiger partial charge in [-0.05, 0) is 37.5 Å². The van der Waals surface area contributed by atoms with Crippen molar-refractivity contribution in [3.8, 4) is 0 Å². The maximum absolute atomic E-state index is 13.0. The van der Waals surface area contributed by atoms with Gasteiger partial charge in [0.1, 0.15) is 5.82 Å². The lowest BCUT2D eigenvalue weighted by molar-refractivity contribution is -0.127. The Bertz CT molecular complexity index is 444. The fourth-order valence-corrected chi connectivity index (χ4v) is 2.82. The van der Waals surface area contributed by atoms with Crippen molar-refractivity contribution in [1.29, 1.82) is 0 Å². The van der Waals surface area contributed by atoms with Gasteiger partial charge in [-0.3, -0.25) is 4.79 Å². The molecule has 20 heavy (non-hydrogen) atoms. The van der Waals surface area contributed by atoms with Crippen LogP contribution in [0.4, 0.5) is 4.39 Å². The molecule has 0 unspecified atom stereocenters. The zero-order valence-corrected chi connectivity index (χ0v) is 12.5. The second kappa shape index (κ2) is 7.04. The van der Waals surface area contributed by atoms with E-state index in [4.69, 9.17) is 5.73 Å². The summed E-state index contributed by atoms with van der Waals surface area (Å²) in [5.41, 5.74) is 5.96. The minimum Gasteiger partial charge on any atom is -0.352 e. The monoisotopic (exact) mass is 300 g/mol. The number of carbonyl (C=O) groups excluding carboxylic acids is 1. The molecule has 0 spiro atoms. The van der Waals surface area contributed by atoms with E-state index >= 15 is 0 Å². The molecule has 0 bridgehead atoms. The Morgan fingerprint density at radius 2 is 1.90 bits per heavy atom. The molecule has 0 saturated heterocycles. The van der Waals surface area contributed by atoms with Crippen molar-refractivity contribution < 1.29 is 9.18 Å². The van der Waals surface area contributed by atoms with Gasteiger partial charge in [0, 0.05) is 12.6 Å². The predicted molar refractivity (Wildman–Crippen MR) is 80.5 cm³/mol. The molecule has 0 heterocycles. The Balaban J connectivity index is 0.00000200. The quantitative estimate of drug-likeness (QED) is 0.898. The standard InChI is InChI=1S/C15H21FN2O.ClH/c1-11(10-17)18-14(19)15(8-2-3-9-15)12-4-6-13(16)7-5-12;/h4-7,11H,2-3,8-10,17H2,1H3,(H,18,19);1H/t11-;/m0./s1. The Labute approximate surface area is 125 Å². The predicted octanol–water partition coefficient (Wildman–Crippen LogP) is 2.52. The van der Waals surface area contributed by atoms with Crippen molar-refractivity contribution in [2.24, 2.45) is 5.73 Å². The van der Waals surface area contributed by atoms with Gasteiger partial charge in [0.2, 0.25) is 5.91 Å². The van der Waals surface area contributed by atoms with Gasteiger partial charge in [0.15, 0.2) is 0 Å². The van der Waals surface area contributed by atoms with Gasteiger partial charge in [0.25, 0.3) is 0 Å². The van der Waals surface area contributed by atoms with Crippen molar-refractivity contribution in [2.45, 2.75) is 44.1 Å². The molecule has 1 aliphatic carbocycles. The van der Waals surface area contributed by atoms with Crippen LogP contribution in [0.2, 0.25) is 0 Å². The van der Waals surface area contributed by atoms with Crippen LogP contribution in [-0.4, -0.2) is 18.5 Å². The molecule has 1 aliphatic rings. The molecule has 1 aromatic carbocycles. The highest BCUT2D eigenvalue weighted by atomic mass is 35.5. The Morgan fingerprint density at radius 1 is 1.35 bits per heavy atom. The van der Waals surface area contributed by atoms with Crippen molar-refractivity contribution in [3.05, 3.63) is 35.6 Å². The first-order chi connectivity index (χ1) is 9.08. The van der Waals surface area contributed by atoms with E-state index in [1.54, 1.807) is 12.1 Å². The second-order valence-electron chi connectivity index (χ2n) is 5.41. The van der Waals surface area contributed by atoms with Crippen LogP contribution in [0.3, 0.4) is 0 Å². The van der Waals surface area contributed by atoms with Gasteiger partial charge in [-0.2, -0.15) is 0 Å². The van der Waals surface area contributed by atoms with Crippen molar-refractivity contribution in [3.63, 3.8) is 0 Å². The zero-order valence-electron chi connectivity index (χ0n) is 11.7. The van der Waals surface area contributed by atoms with Crippen molar-refractivity contribution in [2.75, 3.05) is 6.54 Å². The normalized spacial score (nSPS) is 18.1. The van der Waals surface area contributed by atoms with Gasteiger partial charge >= 0.3 is 0 Å². The molecule has 112 valence electrons. The van der Waals surface area contributed by atoms with Crippen LogP contribution in [0.5, 0.6) is 0 Å². The largest absolute Gasteiger partial charge is 0.352 e. The lowest BCUT2D eigenvalue weighted by atomic mass is 9.78. The molecule has 2 rings (SSSR count). The number of halogens is 2. The third kappa shape index (κ3) is 3.30. The van der Waals surface area contributed by atoms with E-state index in [0.717, 1.165) is 31.2 Å². The zero-order chi connectivity index (χ0) is 13.9. The first-order valence-corrected chi connectivity index (χ1v) is 6.85. The molecule has 1 atom stereocenters. The van der Waals surface area contributed by atoms with E-state index in [1.165, 1.54) is 12.1 Å². The minimum absolute atomic E-state index is 0. The SMILES string of the molecule is C[C@@H](CN)NC(=O)C1(c2ccc(F)cc2)CCCC1.Cl. The summed E-state index contributed by atoms with van der Waals surface area (Å²) in [6.07, 6.45) is 3.70. The fraction of sp³-hybridized carbons (Fsp3) is 0.533. The van der Waals surface area contributed by atoms with E-state index < -0.39 is 5.41 Å². The average molecular weight is 301 g/mol. The first kappa shape index (κ1) is 16.9. The van der Waals surface area contributed by atoms with Gasteiger partial charge in [0.05, 0.1) is 5.41 Å². The van der Waals surface area contributed by atoms with Gasteiger partial charge in [-0.15, -0.1) is 12.4 Å². The van der Waals surface area contributed by atoms with Crippen molar-refractivity contribution >= 4 is 18.3 Å². The number of amides is 1. The lowest BCUT2D eigenvalue weighted by Crippen LogP contribution is -2.48. The molecule has 1 aromatic rings. The average Bonchev–Trinajstić information content (AvgIpc) is 2.90. The Morgan fingerprint density at radius 3 is 2.40 bits per heavy atom. The number of nitrogens with one attached hydrogen (secondary N) is 1. The van der Waals surface area contributed by atoms with E-state index in [2.05, 4.69) is 5.32 Å². The molecule has 3 N–H and O–H groups in total. The molecule has 0 aromatic heterocycles. The smallest absolute Gasteiger partial charge is 0.230 e. The fourth-order valence-electron chi connectivity index (χ4n) is 2.82. The topological polar surface area (TPSA) is 55.1 Å². The van der Waals surface area contributed by atoms with Crippen molar-refractivity contribution in [1.82, 2.24) is 5.32 Å². The van der Waals surface area contributed by atoms with Gasteiger partial charge in [-0.25, -0.2) is 4.39 Å². The van der Waals surface area contributed by atoms with Crippen LogP contribution in [0.25, 0.3) is 0 Å². The number of hydrogen-bond donors (Lipinski definition) is 2. The summed E-state index contributed by atoms with van der Waals surface area (Å²) in [4.78, 5) is 12.6. The van der Waals surface area contributed by atoms with E-state index in [0.29, 0.717) is 6.54 Å². The number of hydrogen-bond acceptors (Lipinski definition) is 2. The number of carbonyl (C=O) groups is 1. The highest BCUT2D eigenvalue weighted by Crippen LogP contribution is 2.41. The summed E-state index contributed by atoms with van der Waals surface area (Å²) in [5.74, 6) is -0.248. The van der Waals surface area contributed by atoms with Gasteiger partial charge in [-0.1, -0.05) is 25.0 Å². The van der Waals surface area contributed by atoms with E-state index in [-0.39, 0.29) is 30.2 Å². The first-order valence-electron chi connectivity index (χ1n) is 6.85. The molecule has 1 saturated carbocycles. The lowest BCUT2D eigenvalue weighted by Gasteiger charge is -2.29. The highest BCUT2D eigenvalue weighted by Gasteiger charge is 2.42. The summed E-state index contributed by atoms with van der Waals surface area (Å²) < 4.78 is 13.0. The van der Waals surface area contributed by atoms with E-state index in [9.17, 15) is 9.18 Å². The van der Waals surface area contributed by atoms with Crippen LogP contribution >= 0.6 is 12.4 Å². The second-order valence-corrected chi connectivity index (χ2v) is 5.41. The molecule has 3 nitrogen and oxygen atoms in total. The minimum atomic E-state index is -0.503. The molecular formula is C15H22ClFN2O. The molecule has 0 aliphatic heterocycles. The Hall–Kier alpha value is -1.13. The summed E-state index contributed by atoms with van der Waals surface area (Å²) in [5, 5.41) is 2.97. The summed E-state index contributed by atoms with van der Waals surface area (Å²) in [6.45, 7) is 2.32. The molecular weight excluding hydrogens is 279 g/mol. The van der Waals surface area contributed by atoms with Crippen LogP contribution in [0.1, 0.15) is 38.2 Å².